The number of amides is 2. The Labute approximate surface area is 224 Å². The molecule has 1 aliphatic carbocycles. The van der Waals surface area contributed by atoms with Gasteiger partial charge in [-0.3, -0.25) is 4.90 Å². The minimum atomic E-state index is -3.74. The number of fused-ring (bicyclic) bond motifs is 2. The van der Waals surface area contributed by atoms with Crippen LogP contribution in [0.1, 0.15) is 49.7 Å². The summed E-state index contributed by atoms with van der Waals surface area (Å²) in [4.78, 5) is 17.8. The lowest BCUT2D eigenvalue weighted by Crippen LogP contribution is -2.41. The van der Waals surface area contributed by atoms with E-state index >= 15 is 0 Å². The number of hydrogen-bond donors (Lipinski definition) is 2. The van der Waals surface area contributed by atoms with Crippen LogP contribution in [0.15, 0.2) is 71.6 Å². The van der Waals surface area contributed by atoms with Gasteiger partial charge in [0.25, 0.3) is 0 Å². The molecule has 198 valence electrons. The molecule has 3 N–H and O–H groups in total. The molecule has 7 nitrogen and oxygen atoms in total. The number of nitrogens with zero attached hydrogens (tertiary/aromatic N) is 2. The molecule has 3 aliphatic rings. The summed E-state index contributed by atoms with van der Waals surface area (Å²) in [6, 6.07) is 21.6. The molecule has 0 radical (unpaired) electrons. The topological polar surface area (TPSA) is 95.7 Å². The first-order valence-electron chi connectivity index (χ1n) is 13.5. The van der Waals surface area contributed by atoms with E-state index in [9.17, 15) is 13.2 Å². The first-order chi connectivity index (χ1) is 18.3. The Hall–Kier alpha value is -3.36. The van der Waals surface area contributed by atoms with Crippen LogP contribution in [0.2, 0.25) is 0 Å². The van der Waals surface area contributed by atoms with Crippen molar-refractivity contribution in [2.45, 2.75) is 55.4 Å². The zero-order valence-corrected chi connectivity index (χ0v) is 22.3. The number of urea groups is 1. The molecule has 8 heteroatoms. The normalized spacial score (nSPS) is 18.2. The van der Waals surface area contributed by atoms with Crippen molar-refractivity contribution in [2.75, 3.05) is 29.4 Å². The molecule has 2 amide bonds. The Balaban J connectivity index is 1.24. The van der Waals surface area contributed by atoms with Crippen molar-refractivity contribution in [3.63, 3.8) is 0 Å². The molecule has 3 aromatic rings. The highest BCUT2D eigenvalue weighted by atomic mass is 32.2. The number of carbonyl (C=O) groups excluding carboxylic acids is 1. The maximum Gasteiger partial charge on any atom is 0.322 e. The molecule has 6 rings (SSSR count). The van der Waals surface area contributed by atoms with E-state index in [4.69, 9.17) is 5.14 Å². The van der Waals surface area contributed by atoms with Gasteiger partial charge >= 0.3 is 6.03 Å². The molecule has 38 heavy (non-hydrogen) atoms. The van der Waals surface area contributed by atoms with E-state index in [2.05, 4.69) is 52.7 Å². The molecule has 1 saturated heterocycles. The number of primary sulfonamides is 1. The van der Waals surface area contributed by atoms with Gasteiger partial charge in [0, 0.05) is 43.0 Å². The first kappa shape index (κ1) is 24.9. The van der Waals surface area contributed by atoms with Gasteiger partial charge in [-0.1, -0.05) is 43.2 Å². The second-order valence-corrected chi connectivity index (χ2v) is 12.5. The Morgan fingerprint density at radius 3 is 2.32 bits per heavy atom. The standard InChI is InChI=1S/C30H34N4O3S/c31-38(36,37)26-11-8-22(9-12-26)20-32-29(35)34-21-30(14-1-2-15-30)27-19-24(10-13-28(27)34)23-6-5-7-25(18-23)33-16-3-4-17-33/h5-13,18-19H,1-4,14-17,20-21H2,(H,32,35)(H2,31,36,37). The monoisotopic (exact) mass is 530 g/mol. The lowest BCUT2D eigenvalue weighted by molar-refractivity contribution is 0.245. The fourth-order valence-corrected chi connectivity index (χ4v) is 6.95. The summed E-state index contributed by atoms with van der Waals surface area (Å²) in [5.74, 6) is 0. The Bertz CT molecular complexity index is 1460. The largest absolute Gasteiger partial charge is 0.372 e. The third-order valence-electron chi connectivity index (χ3n) is 8.47. The van der Waals surface area contributed by atoms with Gasteiger partial charge in [0.05, 0.1) is 4.90 Å². The number of carbonyl (C=O) groups is 1. The molecule has 0 unspecified atom stereocenters. The molecule has 1 saturated carbocycles. The van der Waals surface area contributed by atoms with Crippen LogP contribution < -0.4 is 20.3 Å². The van der Waals surface area contributed by atoms with E-state index in [1.165, 1.54) is 60.2 Å². The predicted molar refractivity (Wildman–Crippen MR) is 151 cm³/mol. The first-order valence-corrected chi connectivity index (χ1v) is 15.0. The molecular formula is C30H34N4O3S. The van der Waals surface area contributed by atoms with Crippen LogP contribution in [-0.4, -0.2) is 34.1 Å². The number of benzene rings is 3. The fraction of sp³-hybridized carbons (Fsp3) is 0.367. The predicted octanol–water partition coefficient (Wildman–Crippen LogP) is 5.14. The summed E-state index contributed by atoms with van der Waals surface area (Å²) in [6.45, 7) is 3.24. The van der Waals surface area contributed by atoms with Gasteiger partial charge < -0.3 is 10.2 Å². The van der Waals surface area contributed by atoms with Crippen molar-refractivity contribution in [1.29, 1.82) is 0 Å². The Morgan fingerprint density at radius 2 is 1.61 bits per heavy atom. The van der Waals surface area contributed by atoms with Gasteiger partial charge in [0.15, 0.2) is 0 Å². The molecule has 1 spiro atoms. The van der Waals surface area contributed by atoms with Crippen LogP contribution >= 0.6 is 0 Å². The van der Waals surface area contributed by atoms with Crippen molar-refractivity contribution >= 4 is 27.4 Å². The maximum atomic E-state index is 13.4. The highest BCUT2D eigenvalue weighted by Crippen LogP contribution is 2.51. The highest BCUT2D eigenvalue weighted by molar-refractivity contribution is 7.89. The van der Waals surface area contributed by atoms with E-state index in [1.807, 2.05) is 4.90 Å². The van der Waals surface area contributed by atoms with E-state index in [1.54, 1.807) is 12.1 Å². The summed E-state index contributed by atoms with van der Waals surface area (Å²) in [5, 5.41) is 8.22. The average Bonchev–Trinajstić information content (AvgIpc) is 3.69. The van der Waals surface area contributed by atoms with Crippen LogP contribution in [0, 0.1) is 0 Å². The number of hydrogen-bond acceptors (Lipinski definition) is 4. The minimum Gasteiger partial charge on any atom is -0.372 e. The number of rotatable bonds is 5. The SMILES string of the molecule is NS(=O)(=O)c1ccc(CNC(=O)N2CC3(CCCC3)c3cc(-c4cccc(N5CCCC5)c4)ccc32)cc1. The maximum absolute atomic E-state index is 13.4. The molecule has 2 heterocycles. The molecule has 3 aromatic carbocycles. The van der Waals surface area contributed by atoms with Crippen LogP contribution in [0.5, 0.6) is 0 Å². The lowest BCUT2D eigenvalue weighted by Gasteiger charge is -2.25. The van der Waals surface area contributed by atoms with Gasteiger partial charge in [-0.2, -0.15) is 0 Å². The Morgan fingerprint density at radius 1 is 0.895 bits per heavy atom. The highest BCUT2D eigenvalue weighted by Gasteiger charge is 2.46. The fourth-order valence-electron chi connectivity index (χ4n) is 6.44. The summed E-state index contributed by atoms with van der Waals surface area (Å²) >= 11 is 0. The number of anilines is 2. The van der Waals surface area contributed by atoms with Crippen molar-refractivity contribution in [3.05, 3.63) is 77.9 Å². The molecule has 0 bridgehead atoms. The van der Waals surface area contributed by atoms with E-state index in [0.29, 0.717) is 13.1 Å². The summed E-state index contributed by atoms with van der Waals surface area (Å²) < 4.78 is 23.0. The van der Waals surface area contributed by atoms with E-state index in [-0.39, 0.29) is 16.3 Å². The molecular weight excluding hydrogens is 496 g/mol. The van der Waals surface area contributed by atoms with Crippen LogP contribution in [0.4, 0.5) is 16.2 Å². The van der Waals surface area contributed by atoms with Crippen molar-refractivity contribution in [1.82, 2.24) is 5.32 Å². The summed E-state index contributed by atoms with van der Waals surface area (Å²) in [5.41, 5.74) is 6.81. The van der Waals surface area contributed by atoms with Gasteiger partial charge in [0.2, 0.25) is 10.0 Å². The number of nitrogens with two attached hydrogens (primary N) is 1. The quantitative estimate of drug-likeness (QED) is 0.477. The lowest BCUT2D eigenvalue weighted by atomic mass is 9.80. The third-order valence-corrected chi connectivity index (χ3v) is 9.40. The molecule has 0 aromatic heterocycles. The van der Waals surface area contributed by atoms with Gasteiger partial charge in [-0.05, 0) is 84.3 Å². The van der Waals surface area contributed by atoms with E-state index in [0.717, 1.165) is 37.2 Å². The third kappa shape index (κ3) is 4.67. The van der Waals surface area contributed by atoms with Crippen molar-refractivity contribution in [3.8, 4) is 11.1 Å². The second kappa shape index (κ2) is 9.75. The number of sulfonamides is 1. The van der Waals surface area contributed by atoms with Gasteiger partial charge in [-0.15, -0.1) is 0 Å². The van der Waals surface area contributed by atoms with Gasteiger partial charge in [-0.25, -0.2) is 18.4 Å². The zero-order valence-electron chi connectivity index (χ0n) is 21.5. The Kier molecular flexibility index (Phi) is 6.40. The van der Waals surface area contributed by atoms with Crippen molar-refractivity contribution in [2.24, 2.45) is 5.14 Å². The van der Waals surface area contributed by atoms with Gasteiger partial charge in [0.1, 0.15) is 0 Å². The summed E-state index contributed by atoms with van der Waals surface area (Å²) in [7, 11) is -3.74. The van der Waals surface area contributed by atoms with Crippen LogP contribution in [0.3, 0.4) is 0 Å². The van der Waals surface area contributed by atoms with E-state index < -0.39 is 10.0 Å². The van der Waals surface area contributed by atoms with Crippen molar-refractivity contribution < 1.29 is 13.2 Å². The minimum absolute atomic E-state index is 0.00633. The van der Waals surface area contributed by atoms with Crippen LogP contribution in [0.25, 0.3) is 11.1 Å². The molecule has 2 fully saturated rings. The second-order valence-electron chi connectivity index (χ2n) is 10.9. The summed E-state index contributed by atoms with van der Waals surface area (Å²) in [6.07, 6.45) is 7.06. The smallest absolute Gasteiger partial charge is 0.322 e. The number of nitrogens with one attached hydrogen (secondary N) is 1. The van der Waals surface area contributed by atoms with Crippen LogP contribution in [-0.2, 0) is 22.0 Å². The average molecular weight is 531 g/mol. The molecule has 0 atom stereocenters. The zero-order chi connectivity index (χ0) is 26.3. The molecule has 2 aliphatic heterocycles.